The Morgan fingerprint density at radius 3 is 2.83 bits per heavy atom. The molecule has 1 saturated heterocycles. The van der Waals surface area contributed by atoms with Crippen molar-refractivity contribution in [3.63, 3.8) is 0 Å². The third-order valence-corrected chi connectivity index (χ3v) is 4.46. The van der Waals surface area contributed by atoms with Crippen LogP contribution in [0.15, 0.2) is 41.4 Å². The van der Waals surface area contributed by atoms with E-state index < -0.39 is 0 Å². The number of para-hydroxylation sites is 1. The van der Waals surface area contributed by atoms with E-state index in [-0.39, 0.29) is 0 Å². The van der Waals surface area contributed by atoms with Gasteiger partial charge in [-0.1, -0.05) is 23.7 Å². The lowest BCUT2D eigenvalue weighted by molar-refractivity contribution is 0.357. The van der Waals surface area contributed by atoms with Crippen LogP contribution in [0.3, 0.4) is 0 Å². The van der Waals surface area contributed by atoms with Crippen LogP contribution in [0.25, 0.3) is 0 Å². The first-order valence-electron chi connectivity index (χ1n) is 7.84. The molecule has 118 valence electrons. The third kappa shape index (κ3) is 2.69. The van der Waals surface area contributed by atoms with E-state index in [9.17, 15) is 0 Å². The van der Waals surface area contributed by atoms with Crippen LogP contribution >= 0.6 is 11.6 Å². The van der Waals surface area contributed by atoms with E-state index in [0.29, 0.717) is 10.8 Å². The maximum atomic E-state index is 6.19. The van der Waals surface area contributed by atoms with Gasteiger partial charge in [-0.15, -0.1) is 0 Å². The lowest BCUT2D eigenvalue weighted by Gasteiger charge is -2.30. The highest BCUT2D eigenvalue weighted by atomic mass is 35.5. The molecule has 0 bridgehead atoms. The van der Waals surface area contributed by atoms with Crippen molar-refractivity contribution < 1.29 is 4.74 Å². The Kier molecular flexibility index (Phi) is 3.71. The molecule has 0 spiro atoms. The normalized spacial score (nSPS) is 16.8. The molecule has 0 unspecified atom stereocenters. The van der Waals surface area contributed by atoms with Crippen LogP contribution in [0, 0.1) is 6.92 Å². The van der Waals surface area contributed by atoms with Crippen LogP contribution in [-0.4, -0.2) is 36.9 Å². The second-order valence-electron chi connectivity index (χ2n) is 5.84. The molecule has 2 aromatic carbocycles. The molecule has 0 aliphatic carbocycles. The van der Waals surface area contributed by atoms with Crippen molar-refractivity contribution in [3.8, 4) is 11.5 Å². The zero-order chi connectivity index (χ0) is 15.8. The molecular formula is C18H18ClN3O. The Hall–Kier alpha value is -2.04. The number of fused-ring (bicyclic) bond motifs is 2. The number of nitrogens with zero attached hydrogens (tertiary/aromatic N) is 2. The summed E-state index contributed by atoms with van der Waals surface area (Å²) in [6.45, 7) is 5.87. The minimum Gasteiger partial charge on any atom is -0.454 e. The molecule has 2 aromatic rings. The fourth-order valence-electron chi connectivity index (χ4n) is 3.03. The lowest BCUT2D eigenvalue weighted by atomic mass is 10.1. The van der Waals surface area contributed by atoms with E-state index >= 15 is 0 Å². The molecule has 5 heteroatoms. The number of amidine groups is 1. The molecule has 2 heterocycles. The SMILES string of the molecule is Cc1cccc2c1Oc1cc(Cl)ccc1N=C2N1CCNCC1. The van der Waals surface area contributed by atoms with Crippen molar-refractivity contribution in [1.29, 1.82) is 0 Å². The van der Waals surface area contributed by atoms with Gasteiger partial charge in [0, 0.05) is 37.3 Å². The minimum atomic E-state index is 0.653. The van der Waals surface area contributed by atoms with Gasteiger partial charge in [0.25, 0.3) is 0 Å². The predicted molar refractivity (Wildman–Crippen MR) is 93.3 cm³/mol. The first kappa shape index (κ1) is 14.5. The first-order valence-corrected chi connectivity index (χ1v) is 8.22. The number of aryl methyl sites for hydroxylation is 1. The van der Waals surface area contributed by atoms with Crippen molar-refractivity contribution in [2.24, 2.45) is 4.99 Å². The number of aliphatic imine (C=N–C) groups is 1. The van der Waals surface area contributed by atoms with E-state index in [4.69, 9.17) is 21.3 Å². The van der Waals surface area contributed by atoms with Crippen LogP contribution in [0.1, 0.15) is 11.1 Å². The van der Waals surface area contributed by atoms with Gasteiger partial charge in [0.2, 0.25) is 0 Å². The lowest BCUT2D eigenvalue weighted by Crippen LogP contribution is -2.46. The third-order valence-electron chi connectivity index (χ3n) is 4.23. The van der Waals surface area contributed by atoms with Crippen molar-refractivity contribution in [2.75, 3.05) is 26.2 Å². The quantitative estimate of drug-likeness (QED) is 0.801. The number of ether oxygens (including phenoxy) is 1. The van der Waals surface area contributed by atoms with E-state index in [1.807, 2.05) is 18.2 Å². The van der Waals surface area contributed by atoms with Crippen molar-refractivity contribution >= 4 is 23.1 Å². The average molecular weight is 328 g/mol. The number of hydrogen-bond acceptors (Lipinski definition) is 4. The number of nitrogens with one attached hydrogen (secondary N) is 1. The summed E-state index contributed by atoms with van der Waals surface area (Å²) in [7, 11) is 0. The molecule has 0 atom stereocenters. The van der Waals surface area contributed by atoms with E-state index in [0.717, 1.165) is 54.6 Å². The second kappa shape index (κ2) is 5.87. The summed E-state index contributed by atoms with van der Waals surface area (Å²) in [4.78, 5) is 7.24. The largest absolute Gasteiger partial charge is 0.454 e. The molecule has 0 saturated carbocycles. The van der Waals surface area contributed by atoms with Crippen molar-refractivity contribution in [1.82, 2.24) is 10.2 Å². The molecule has 0 aromatic heterocycles. The first-order chi connectivity index (χ1) is 11.2. The number of rotatable bonds is 0. The summed E-state index contributed by atoms with van der Waals surface area (Å²) in [5.41, 5.74) is 2.95. The fraction of sp³-hybridized carbons (Fsp3) is 0.278. The van der Waals surface area contributed by atoms with E-state index in [1.54, 1.807) is 0 Å². The summed E-state index contributed by atoms with van der Waals surface area (Å²) in [5.74, 6) is 2.55. The Morgan fingerprint density at radius 1 is 1.17 bits per heavy atom. The Labute approximate surface area is 140 Å². The van der Waals surface area contributed by atoms with Crippen LogP contribution in [0.4, 0.5) is 5.69 Å². The highest BCUT2D eigenvalue weighted by Crippen LogP contribution is 2.40. The van der Waals surface area contributed by atoms with Crippen LogP contribution in [0.2, 0.25) is 5.02 Å². The summed E-state index contributed by atoms with van der Waals surface area (Å²) in [5, 5.41) is 4.04. The molecule has 2 aliphatic heterocycles. The van der Waals surface area contributed by atoms with E-state index in [1.165, 1.54) is 0 Å². The summed E-state index contributed by atoms with van der Waals surface area (Å²) >= 11 is 6.13. The minimum absolute atomic E-state index is 0.653. The van der Waals surface area contributed by atoms with Gasteiger partial charge < -0.3 is 15.0 Å². The second-order valence-corrected chi connectivity index (χ2v) is 6.27. The van der Waals surface area contributed by atoms with Crippen molar-refractivity contribution in [2.45, 2.75) is 6.92 Å². The molecule has 1 fully saturated rings. The zero-order valence-corrected chi connectivity index (χ0v) is 13.7. The Bertz CT molecular complexity index is 782. The predicted octanol–water partition coefficient (Wildman–Crippen LogP) is 3.74. The molecule has 23 heavy (non-hydrogen) atoms. The summed E-state index contributed by atoms with van der Waals surface area (Å²) in [6.07, 6.45) is 0. The van der Waals surface area contributed by atoms with Gasteiger partial charge in [0.1, 0.15) is 17.3 Å². The standard InChI is InChI=1S/C18H18ClN3O/c1-12-3-2-4-14-17(12)23-16-11-13(19)5-6-15(16)21-18(14)22-9-7-20-8-10-22/h2-6,11,20H,7-10H2,1H3. The molecule has 1 N–H and O–H groups in total. The van der Waals surface area contributed by atoms with Gasteiger partial charge in [-0.3, -0.25) is 0 Å². The zero-order valence-electron chi connectivity index (χ0n) is 13.0. The number of piperazine rings is 1. The van der Waals surface area contributed by atoms with E-state index in [2.05, 4.69) is 35.3 Å². The van der Waals surface area contributed by atoms with Gasteiger partial charge >= 0.3 is 0 Å². The summed E-state index contributed by atoms with van der Waals surface area (Å²) < 4.78 is 6.19. The van der Waals surface area contributed by atoms with Gasteiger partial charge in [-0.05, 0) is 30.7 Å². The highest BCUT2D eigenvalue weighted by molar-refractivity contribution is 6.30. The molecule has 0 amide bonds. The van der Waals surface area contributed by atoms with Crippen LogP contribution < -0.4 is 10.1 Å². The molecular weight excluding hydrogens is 310 g/mol. The molecule has 4 rings (SSSR count). The number of hydrogen-bond donors (Lipinski definition) is 1. The molecule has 4 nitrogen and oxygen atoms in total. The highest BCUT2D eigenvalue weighted by Gasteiger charge is 2.24. The van der Waals surface area contributed by atoms with Gasteiger partial charge in [0.15, 0.2) is 5.75 Å². The van der Waals surface area contributed by atoms with Crippen LogP contribution in [-0.2, 0) is 0 Å². The van der Waals surface area contributed by atoms with Crippen molar-refractivity contribution in [3.05, 3.63) is 52.5 Å². The van der Waals surface area contributed by atoms with Crippen LogP contribution in [0.5, 0.6) is 11.5 Å². The summed E-state index contributed by atoms with van der Waals surface area (Å²) in [6, 6.07) is 11.8. The Morgan fingerprint density at radius 2 is 2.00 bits per heavy atom. The number of halogens is 1. The van der Waals surface area contributed by atoms with Gasteiger partial charge in [0.05, 0.1) is 5.56 Å². The maximum absolute atomic E-state index is 6.19. The van der Waals surface area contributed by atoms with Gasteiger partial charge in [-0.2, -0.15) is 0 Å². The average Bonchev–Trinajstić information content (AvgIpc) is 2.73. The Balaban J connectivity index is 1.90. The topological polar surface area (TPSA) is 36.9 Å². The smallest absolute Gasteiger partial charge is 0.154 e. The maximum Gasteiger partial charge on any atom is 0.154 e. The molecule has 2 aliphatic rings. The monoisotopic (exact) mass is 327 g/mol. The number of benzene rings is 2. The molecule has 0 radical (unpaired) electrons. The van der Waals surface area contributed by atoms with Gasteiger partial charge in [-0.25, -0.2) is 4.99 Å². The fourth-order valence-corrected chi connectivity index (χ4v) is 3.19.